The Morgan fingerprint density at radius 2 is 2.29 bits per heavy atom. The monoisotopic (exact) mass is 258 g/mol. The quantitative estimate of drug-likeness (QED) is 0.646. The maximum absolute atomic E-state index is 10.5. The second-order valence-electron chi connectivity index (χ2n) is 4.09. The van der Waals surface area contributed by atoms with Crippen LogP contribution in [0.5, 0.6) is 0 Å². The van der Waals surface area contributed by atoms with Crippen molar-refractivity contribution in [3.8, 4) is 0 Å². The molecule has 0 aliphatic heterocycles. The molecule has 0 aliphatic carbocycles. The summed E-state index contributed by atoms with van der Waals surface area (Å²) in [5, 5.41) is 13.9. The van der Waals surface area contributed by atoms with E-state index in [9.17, 15) is 10.1 Å². The largest absolute Gasteiger partial charge is 0.365 e. The van der Waals surface area contributed by atoms with Crippen LogP contribution in [-0.2, 0) is 0 Å². The van der Waals surface area contributed by atoms with Crippen molar-refractivity contribution in [2.75, 3.05) is 26.0 Å². The first kappa shape index (κ1) is 13.7. The number of hydrogen-bond acceptors (Lipinski definition) is 5. The molecule has 1 unspecified atom stereocenters. The minimum atomic E-state index is -0.522. The number of nitrogens with zero attached hydrogens (tertiary/aromatic N) is 3. The van der Waals surface area contributed by atoms with Gasteiger partial charge in [0.25, 0.3) is 5.69 Å². The van der Waals surface area contributed by atoms with Gasteiger partial charge in [0.1, 0.15) is 12.0 Å². The van der Waals surface area contributed by atoms with E-state index >= 15 is 0 Å². The van der Waals surface area contributed by atoms with Crippen molar-refractivity contribution in [2.24, 2.45) is 0 Å². The average Bonchev–Trinajstić information content (AvgIpc) is 2.19. The minimum absolute atomic E-state index is 0.110. The van der Waals surface area contributed by atoms with E-state index in [0.29, 0.717) is 5.82 Å². The first-order valence-corrected chi connectivity index (χ1v) is 5.49. The molecule has 0 bridgehead atoms. The van der Waals surface area contributed by atoms with E-state index in [1.165, 1.54) is 12.3 Å². The average molecular weight is 259 g/mol. The van der Waals surface area contributed by atoms with E-state index in [1.54, 1.807) is 0 Å². The molecule has 0 saturated heterocycles. The molecule has 0 spiro atoms. The van der Waals surface area contributed by atoms with Gasteiger partial charge in [-0.3, -0.25) is 10.1 Å². The molecule has 0 radical (unpaired) electrons. The highest BCUT2D eigenvalue weighted by atomic mass is 35.5. The van der Waals surface area contributed by atoms with Gasteiger partial charge in [-0.25, -0.2) is 4.98 Å². The van der Waals surface area contributed by atoms with Crippen LogP contribution in [0.4, 0.5) is 11.5 Å². The predicted octanol–water partition coefficient (Wildman–Crippen LogP) is 2.01. The third-order valence-corrected chi connectivity index (χ3v) is 2.35. The van der Waals surface area contributed by atoms with Crippen molar-refractivity contribution in [1.82, 2.24) is 9.88 Å². The Labute approximate surface area is 105 Å². The molecule has 94 valence electrons. The molecular weight excluding hydrogens is 244 g/mol. The van der Waals surface area contributed by atoms with Crippen LogP contribution in [0, 0.1) is 10.1 Å². The number of nitro groups is 1. The van der Waals surface area contributed by atoms with Gasteiger partial charge in [0.15, 0.2) is 0 Å². The smallest absolute Gasteiger partial charge is 0.289 e. The van der Waals surface area contributed by atoms with Crippen LogP contribution in [0.2, 0.25) is 5.02 Å². The summed E-state index contributed by atoms with van der Waals surface area (Å²) in [5.74, 6) is 0.464. The summed E-state index contributed by atoms with van der Waals surface area (Å²) in [6, 6.07) is 1.44. The standard InChI is InChI=1S/C10H15ClN4O2/c1-7(6-14(2)3)13-10-9(11)4-8(5-12-10)15(16)17/h4-5,7H,6H2,1-3H3,(H,12,13). The van der Waals surface area contributed by atoms with Crippen LogP contribution in [0.1, 0.15) is 6.92 Å². The number of nitrogens with one attached hydrogen (secondary N) is 1. The summed E-state index contributed by atoms with van der Waals surface area (Å²) in [5.41, 5.74) is -0.110. The predicted molar refractivity (Wildman–Crippen MR) is 67.5 cm³/mol. The third kappa shape index (κ3) is 4.16. The Balaban J connectivity index is 2.75. The van der Waals surface area contributed by atoms with Crippen LogP contribution in [0.25, 0.3) is 0 Å². The molecule has 0 fully saturated rings. The fourth-order valence-electron chi connectivity index (χ4n) is 1.46. The molecule has 17 heavy (non-hydrogen) atoms. The molecular formula is C10H15ClN4O2. The highest BCUT2D eigenvalue weighted by Gasteiger charge is 2.12. The van der Waals surface area contributed by atoms with E-state index in [0.717, 1.165) is 6.54 Å². The van der Waals surface area contributed by atoms with Crippen molar-refractivity contribution < 1.29 is 4.92 Å². The zero-order valence-electron chi connectivity index (χ0n) is 9.98. The fourth-order valence-corrected chi connectivity index (χ4v) is 1.68. The molecule has 1 aromatic rings. The van der Waals surface area contributed by atoms with Gasteiger partial charge in [-0.05, 0) is 21.0 Å². The van der Waals surface area contributed by atoms with Gasteiger partial charge in [-0.15, -0.1) is 0 Å². The Bertz CT molecular complexity index is 411. The van der Waals surface area contributed by atoms with Gasteiger partial charge < -0.3 is 10.2 Å². The van der Waals surface area contributed by atoms with Crippen LogP contribution in [0.15, 0.2) is 12.3 Å². The summed E-state index contributed by atoms with van der Waals surface area (Å²) in [7, 11) is 3.92. The van der Waals surface area contributed by atoms with Crippen molar-refractivity contribution in [2.45, 2.75) is 13.0 Å². The lowest BCUT2D eigenvalue weighted by Crippen LogP contribution is -2.30. The van der Waals surface area contributed by atoms with Gasteiger partial charge in [0.05, 0.1) is 9.95 Å². The van der Waals surface area contributed by atoms with Crippen molar-refractivity contribution in [3.05, 3.63) is 27.4 Å². The Hall–Kier alpha value is -1.40. The lowest BCUT2D eigenvalue weighted by atomic mass is 10.3. The molecule has 1 heterocycles. The molecule has 0 aliphatic rings. The van der Waals surface area contributed by atoms with Crippen molar-refractivity contribution in [3.63, 3.8) is 0 Å². The van der Waals surface area contributed by atoms with E-state index in [1.807, 2.05) is 25.9 Å². The zero-order valence-corrected chi connectivity index (χ0v) is 10.7. The lowest BCUT2D eigenvalue weighted by molar-refractivity contribution is -0.385. The molecule has 1 atom stereocenters. The number of pyridine rings is 1. The first-order chi connectivity index (χ1) is 7.90. The van der Waals surface area contributed by atoms with Gasteiger partial charge in [0, 0.05) is 18.7 Å². The number of aromatic nitrogens is 1. The van der Waals surface area contributed by atoms with Gasteiger partial charge in [-0.1, -0.05) is 11.6 Å². The Morgan fingerprint density at radius 3 is 2.76 bits per heavy atom. The summed E-state index contributed by atoms with van der Waals surface area (Å²) < 4.78 is 0. The van der Waals surface area contributed by atoms with E-state index in [4.69, 9.17) is 11.6 Å². The summed E-state index contributed by atoms with van der Waals surface area (Å²) >= 11 is 5.91. The van der Waals surface area contributed by atoms with Crippen LogP contribution >= 0.6 is 11.6 Å². The number of likely N-dealkylation sites (N-methyl/N-ethyl adjacent to an activating group) is 1. The van der Waals surface area contributed by atoms with E-state index < -0.39 is 4.92 Å². The summed E-state index contributed by atoms with van der Waals surface area (Å²) in [6.07, 6.45) is 1.19. The molecule has 6 nitrogen and oxygen atoms in total. The topological polar surface area (TPSA) is 71.3 Å². The highest BCUT2D eigenvalue weighted by molar-refractivity contribution is 6.33. The van der Waals surface area contributed by atoms with Crippen LogP contribution in [-0.4, -0.2) is 41.5 Å². The molecule has 1 aromatic heterocycles. The van der Waals surface area contributed by atoms with Crippen molar-refractivity contribution in [1.29, 1.82) is 0 Å². The number of halogens is 1. The fraction of sp³-hybridized carbons (Fsp3) is 0.500. The van der Waals surface area contributed by atoms with Crippen molar-refractivity contribution >= 4 is 23.1 Å². The molecule has 1 rings (SSSR count). The normalized spacial score (nSPS) is 12.5. The number of anilines is 1. The lowest BCUT2D eigenvalue weighted by Gasteiger charge is -2.19. The van der Waals surface area contributed by atoms with Gasteiger partial charge in [-0.2, -0.15) is 0 Å². The summed E-state index contributed by atoms with van der Waals surface area (Å²) in [6.45, 7) is 2.80. The highest BCUT2D eigenvalue weighted by Crippen LogP contribution is 2.24. The van der Waals surface area contributed by atoms with Crippen LogP contribution in [0.3, 0.4) is 0 Å². The van der Waals surface area contributed by atoms with Gasteiger partial charge in [0.2, 0.25) is 0 Å². The number of hydrogen-bond donors (Lipinski definition) is 1. The zero-order chi connectivity index (χ0) is 13.0. The summed E-state index contributed by atoms with van der Waals surface area (Å²) in [4.78, 5) is 16.0. The van der Waals surface area contributed by atoms with E-state index in [2.05, 4.69) is 10.3 Å². The second kappa shape index (κ2) is 5.79. The molecule has 0 aromatic carbocycles. The number of rotatable bonds is 5. The van der Waals surface area contributed by atoms with Gasteiger partial charge >= 0.3 is 0 Å². The molecule has 1 N–H and O–H groups in total. The Morgan fingerprint density at radius 1 is 1.65 bits per heavy atom. The van der Waals surface area contributed by atoms with Crippen LogP contribution < -0.4 is 5.32 Å². The van der Waals surface area contributed by atoms with E-state index in [-0.39, 0.29) is 16.8 Å². The molecule has 0 amide bonds. The molecule has 7 heteroatoms. The second-order valence-corrected chi connectivity index (χ2v) is 4.50. The maximum atomic E-state index is 10.5. The maximum Gasteiger partial charge on any atom is 0.289 e. The molecule has 0 saturated carbocycles. The Kier molecular flexibility index (Phi) is 4.65. The third-order valence-electron chi connectivity index (χ3n) is 2.06. The minimum Gasteiger partial charge on any atom is -0.365 e. The first-order valence-electron chi connectivity index (χ1n) is 5.11. The SMILES string of the molecule is CC(CN(C)C)Nc1ncc([N+](=O)[O-])cc1Cl.